The number of carbonyl (C=O) groups excluding carboxylic acids is 2. The van der Waals surface area contributed by atoms with Crippen molar-refractivity contribution in [1.29, 1.82) is 0 Å². The van der Waals surface area contributed by atoms with Gasteiger partial charge in [-0.3, -0.25) is 9.59 Å². The number of halogens is 8. The number of ketones is 2. The normalized spacial score (nSPS) is 10.5. The van der Waals surface area contributed by atoms with Gasteiger partial charge in [-0.2, -0.15) is 17.6 Å². The second-order valence-corrected chi connectivity index (χ2v) is 10.6. The molecule has 0 aromatic heterocycles. The van der Waals surface area contributed by atoms with Crippen molar-refractivity contribution in [3.63, 3.8) is 0 Å². The minimum atomic E-state index is -2.98. The van der Waals surface area contributed by atoms with E-state index >= 15 is 0 Å². The number of rotatable bonds is 7. The first-order valence-corrected chi connectivity index (χ1v) is 14.0. The Hall–Kier alpha value is -4.08. The summed E-state index contributed by atoms with van der Waals surface area (Å²) in [5.74, 6) is 3.26. The van der Waals surface area contributed by atoms with Crippen molar-refractivity contribution in [2.75, 3.05) is 0 Å². The molecule has 228 valence electrons. The Kier molecular flexibility index (Phi) is 12.2. The van der Waals surface area contributed by atoms with E-state index in [-0.39, 0.29) is 32.9 Å². The van der Waals surface area contributed by atoms with E-state index < -0.39 is 30.6 Å². The number of hydrogen-bond donors (Lipinski definition) is 0. The van der Waals surface area contributed by atoms with Gasteiger partial charge in [-0.15, -0.1) is 0 Å². The molecular formula is C32H20Br2F6O4. The highest BCUT2D eigenvalue weighted by atomic mass is 79.9. The summed E-state index contributed by atoms with van der Waals surface area (Å²) < 4.78 is 84.0. The van der Waals surface area contributed by atoms with Gasteiger partial charge in [-0.25, -0.2) is 8.78 Å². The molecule has 0 aliphatic carbocycles. The number of hydrogen-bond acceptors (Lipinski definition) is 4. The third kappa shape index (κ3) is 9.72. The Morgan fingerprint density at radius 1 is 0.614 bits per heavy atom. The van der Waals surface area contributed by atoms with Crippen LogP contribution in [0.25, 0.3) is 0 Å². The summed E-state index contributed by atoms with van der Waals surface area (Å²) in [6.07, 6.45) is 0. The Labute approximate surface area is 265 Å². The summed E-state index contributed by atoms with van der Waals surface area (Å²) in [5, 5.41) is 0. The second kappa shape index (κ2) is 15.6. The predicted molar refractivity (Wildman–Crippen MR) is 158 cm³/mol. The van der Waals surface area contributed by atoms with Crippen LogP contribution in [0.5, 0.6) is 11.5 Å². The van der Waals surface area contributed by atoms with E-state index in [9.17, 15) is 35.9 Å². The minimum absolute atomic E-state index is 0.0221. The Balaban J connectivity index is 0.000000241. The van der Waals surface area contributed by atoms with Crippen molar-refractivity contribution in [2.45, 2.75) is 27.1 Å². The molecular weight excluding hydrogens is 722 g/mol. The van der Waals surface area contributed by atoms with Gasteiger partial charge in [-0.05, 0) is 130 Å². The number of ether oxygens (including phenoxy) is 2. The summed E-state index contributed by atoms with van der Waals surface area (Å²) in [6, 6.07) is 16.3. The summed E-state index contributed by atoms with van der Waals surface area (Å²) in [7, 11) is 0. The van der Waals surface area contributed by atoms with Gasteiger partial charge in [0, 0.05) is 22.3 Å². The van der Waals surface area contributed by atoms with Crippen LogP contribution in [0.4, 0.5) is 26.3 Å². The maximum absolute atomic E-state index is 13.2. The standard InChI is InChI=1S/C16H10BrF3O3.C16H10BrF3O/c1-8-6-9(3-5-13(8)23-16(19)20)14(21)15(22)10-2-4-12(18)11(17)7-10;1-10-8-11(5-7-15(10)21-16(19)20)2-3-12-4-6-14(18)13(17)9-12/h2-7,16H,1H3;4-9,16H,1H3. The van der Waals surface area contributed by atoms with Crippen LogP contribution < -0.4 is 9.47 Å². The first kappa shape index (κ1) is 34.4. The van der Waals surface area contributed by atoms with Gasteiger partial charge in [0.15, 0.2) is 0 Å². The van der Waals surface area contributed by atoms with Crippen molar-refractivity contribution in [3.8, 4) is 23.3 Å². The number of Topliss-reactive ketones (excluding diaryl/α,β-unsaturated/α-hetero) is 2. The van der Waals surface area contributed by atoms with Crippen molar-refractivity contribution >= 4 is 43.4 Å². The van der Waals surface area contributed by atoms with Crippen molar-refractivity contribution in [1.82, 2.24) is 0 Å². The summed E-state index contributed by atoms with van der Waals surface area (Å²) in [4.78, 5) is 24.3. The van der Waals surface area contributed by atoms with Crippen LogP contribution in [0.15, 0.2) is 81.7 Å². The molecule has 0 amide bonds. The highest BCUT2D eigenvalue weighted by Crippen LogP contribution is 2.24. The van der Waals surface area contributed by atoms with Gasteiger partial charge in [0.25, 0.3) is 0 Å². The Morgan fingerprint density at radius 2 is 1.02 bits per heavy atom. The molecule has 4 aromatic rings. The minimum Gasteiger partial charge on any atom is -0.435 e. The molecule has 0 N–H and O–H groups in total. The van der Waals surface area contributed by atoms with Crippen LogP contribution in [0.1, 0.15) is 43.0 Å². The largest absolute Gasteiger partial charge is 0.435 e. The molecule has 0 bridgehead atoms. The molecule has 0 saturated heterocycles. The molecule has 4 aromatic carbocycles. The van der Waals surface area contributed by atoms with Crippen LogP contribution in [0.3, 0.4) is 0 Å². The van der Waals surface area contributed by atoms with Crippen molar-refractivity contribution < 1.29 is 45.4 Å². The zero-order valence-corrected chi connectivity index (χ0v) is 25.9. The Bertz CT molecular complexity index is 1750. The fourth-order valence-corrected chi connectivity index (χ4v) is 4.35. The first-order chi connectivity index (χ1) is 20.7. The molecule has 4 rings (SSSR count). The van der Waals surface area contributed by atoms with Gasteiger partial charge in [0.1, 0.15) is 23.1 Å². The average Bonchev–Trinajstić information content (AvgIpc) is 2.96. The number of carbonyl (C=O) groups is 2. The fourth-order valence-electron chi connectivity index (χ4n) is 3.59. The molecule has 44 heavy (non-hydrogen) atoms. The Morgan fingerprint density at radius 3 is 1.50 bits per heavy atom. The summed E-state index contributed by atoms with van der Waals surface area (Å²) in [6.45, 7) is -2.68. The second-order valence-electron chi connectivity index (χ2n) is 8.88. The highest BCUT2D eigenvalue weighted by molar-refractivity contribution is 9.10. The quantitative estimate of drug-likeness (QED) is 0.0820. The lowest BCUT2D eigenvalue weighted by atomic mass is 10.00. The molecule has 0 radical (unpaired) electrons. The number of benzene rings is 4. The van der Waals surface area contributed by atoms with Crippen LogP contribution in [-0.4, -0.2) is 24.8 Å². The first-order valence-electron chi connectivity index (χ1n) is 12.4. The lowest BCUT2D eigenvalue weighted by molar-refractivity contribution is -0.0509. The third-order valence-electron chi connectivity index (χ3n) is 5.70. The van der Waals surface area contributed by atoms with E-state index in [0.717, 1.165) is 6.07 Å². The van der Waals surface area contributed by atoms with Gasteiger partial charge in [-0.1, -0.05) is 11.8 Å². The van der Waals surface area contributed by atoms with E-state index in [2.05, 4.69) is 53.2 Å². The van der Waals surface area contributed by atoms with Crippen LogP contribution in [0.2, 0.25) is 0 Å². The lowest BCUT2D eigenvalue weighted by Gasteiger charge is -2.09. The fraction of sp³-hybridized carbons (Fsp3) is 0.125. The van der Waals surface area contributed by atoms with E-state index in [1.54, 1.807) is 31.2 Å². The number of aryl methyl sites for hydroxylation is 2. The van der Waals surface area contributed by atoms with Gasteiger partial charge in [0.05, 0.1) is 8.95 Å². The van der Waals surface area contributed by atoms with Crippen molar-refractivity contribution in [2.24, 2.45) is 0 Å². The summed E-state index contributed by atoms with van der Waals surface area (Å²) in [5.41, 5.74) is 2.23. The molecule has 0 unspecified atom stereocenters. The van der Waals surface area contributed by atoms with Gasteiger partial charge in [0.2, 0.25) is 11.6 Å². The highest BCUT2D eigenvalue weighted by Gasteiger charge is 2.20. The van der Waals surface area contributed by atoms with Crippen molar-refractivity contribution in [3.05, 3.63) is 127 Å². The average molecular weight is 742 g/mol. The molecule has 0 aliphatic rings. The zero-order valence-electron chi connectivity index (χ0n) is 22.7. The molecule has 0 fully saturated rings. The maximum Gasteiger partial charge on any atom is 0.387 e. The molecule has 4 nitrogen and oxygen atoms in total. The molecule has 0 saturated carbocycles. The van der Waals surface area contributed by atoms with Crippen LogP contribution in [-0.2, 0) is 0 Å². The molecule has 0 atom stereocenters. The molecule has 0 heterocycles. The lowest BCUT2D eigenvalue weighted by Crippen LogP contribution is -2.15. The molecule has 0 aliphatic heterocycles. The molecule has 12 heteroatoms. The van der Waals surface area contributed by atoms with Gasteiger partial charge >= 0.3 is 13.2 Å². The van der Waals surface area contributed by atoms with E-state index in [0.29, 0.717) is 26.7 Å². The smallest absolute Gasteiger partial charge is 0.387 e. The van der Waals surface area contributed by atoms with E-state index in [4.69, 9.17) is 0 Å². The third-order valence-corrected chi connectivity index (χ3v) is 6.92. The number of alkyl halides is 4. The topological polar surface area (TPSA) is 52.6 Å². The summed E-state index contributed by atoms with van der Waals surface area (Å²) >= 11 is 6.02. The molecule has 0 spiro atoms. The SMILES string of the molecule is Cc1cc(C#Cc2ccc(F)c(Br)c2)ccc1OC(F)F.Cc1cc(C(=O)C(=O)c2ccc(F)c(Br)c2)ccc1OC(F)F. The maximum atomic E-state index is 13.2. The predicted octanol–water partition coefficient (Wildman–Crippen LogP) is 9.46. The van der Waals surface area contributed by atoms with Crippen LogP contribution in [0, 0.1) is 37.3 Å². The van der Waals surface area contributed by atoms with E-state index in [1.165, 1.54) is 49.4 Å². The van der Waals surface area contributed by atoms with E-state index in [1.807, 2.05) is 0 Å². The zero-order chi connectivity index (χ0) is 32.6. The monoisotopic (exact) mass is 740 g/mol. The van der Waals surface area contributed by atoms with Crippen LogP contribution >= 0.6 is 31.9 Å². The van der Waals surface area contributed by atoms with Gasteiger partial charge < -0.3 is 9.47 Å².